The van der Waals surface area contributed by atoms with Crippen molar-refractivity contribution in [3.8, 4) is 12.3 Å². The lowest BCUT2D eigenvalue weighted by Gasteiger charge is -2.23. The third-order valence-electron chi connectivity index (χ3n) is 3.31. The van der Waals surface area contributed by atoms with E-state index in [2.05, 4.69) is 21.1 Å². The topological polar surface area (TPSA) is 45.2 Å². The Balaban J connectivity index is 2.01. The minimum absolute atomic E-state index is 0.0358. The van der Waals surface area contributed by atoms with Crippen LogP contribution in [0.2, 0.25) is 0 Å². The number of aromatic nitrogens is 1. The van der Waals surface area contributed by atoms with E-state index in [1.165, 1.54) is 0 Å². The molecule has 0 spiro atoms. The molecule has 94 valence electrons. The van der Waals surface area contributed by atoms with Gasteiger partial charge in [0.05, 0.1) is 12.1 Å². The molecule has 0 amide bonds. The number of rotatable bonds is 4. The Morgan fingerprint density at radius 3 is 3.11 bits per heavy atom. The summed E-state index contributed by atoms with van der Waals surface area (Å²) in [6, 6.07) is 5.66. The van der Waals surface area contributed by atoms with Crippen LogP contribution in [0.25, 0.3) is 0 Å². The Labute approximate surface area is 107 Å². The molecule has 3 unspecified atom stereocenters. The second-order valence-electron chi connectivity index (χ2n) is 4.62. The number of hydrogen-bond donors (Lipinski definition) is 1. The Morgan fingerprint density at radius 1 is 1.67 bits per heavy atom. The highest BCUT2D eigenvalue weighted by molar-refractivity contribution is 5.58. The van der Waals surface area contributed by atoms with E-state index in [4.69, 9.17) is 6.42 Å². The predicted molar refractivity (Wildman–Crippen MR) is 71.2 cm³/mol. The first kappa shape index (κ1) is 12.6. The van der Waals surface area contributed by atoms with Crippen LogP contribution < -0.4 is 10.2 Å². The fourth-order valence-electron chi connectivity index (χ4n) is 2.38. The molecule has 4 nitrogen and oxygen atoms in total. The van der Waals surface area contributed by atoms with Crippen molar-refractivity contribution in [1.29, 1.82) is 0 Å². The van der Waals surface area contributed by atoms with Crippen molar-refractivity contribution in [3.05, 3.63) is 24.4 Å². The van der Waals surface area contributed by atoms with Crippen LogP contribution in [-0.4, -0.2) is 36.9 Å². The van der Waals surface area contributed by atoms with Gasteiger partial charge in [0.15, 0.2) is 0 Å². The van der Waals surface area contributed by atoms with Gasteiger partial charge in [-0.2, -0.15) is 0 Å². The minimum atomic E-state index is -0.117. The highest BCUT2D eigenvalue weighted by atomic mass is 16.1. The smallest absolute Gasteiger partial charge is 0.136 e. The highest BCUT2D eigenvalue weighted by Gasteiger charge is 2.32. The molecule has 1 aliphatic heterocycles. The number of aldehydes is 1. The van der Waals surface area contributed by atoms with Crippen LogP contribution in [0, 0.1) is 18.3 Å². The van der Waals surface area contributed by atoms with Crippen molar-refractivity contribution in [2.45, 2.75) is 18.5 Å². The molecule has 0 bridgehead atoms. The van der Waals surface area contributed by atoms with E-state index in [0.717, 1.165) is 25.1 Å². The Morgan fingerprint density at radius 2 is 2.50 bits per heavy atom. The van der Waals surface area contributed by atoms with Gasteiger partial charge in [0.25, 0.3) is 0 Å². The van der Waals surface area contributed by atoms with Crippen molar-refractivity contribution >= 4 is 12.1 Å². The quantitative estimate of drug-likeness (QED) is 0.624. The van der Waals surface area contributed by atoms with Crippen LogP contribution in [0.15, 0.2) is 24.4 Å². The molecule has 3 atom stereocenters. The van der Waals surface area contributed by atoms with Gasteiger partial charge in [-0.15, -0.1) is 6.42 Å². The Kier molecular flexibility index (Phi) is 3.96. The molecular formula is C14H17N3O. The number of anilines is 1. The van der Waals surface area contributed by atoms with Crippen molar-refractivity contribution in [2.75, 3.05) is 18.5 Å². The molecule has 2 heterocycles. The van der Waals surface area contributed by atoms with Gasteiger partial charge in [-0.05, 0) is 18.6 Å². The molecule has 1 N–H and O–H groups in total. The highest BCUT2D eigenvalue weighted by Crippen LogP contribution is 2.21. The first-order chi connectivity index (χ1) is 8.74. The summed E-state index contributed by atoms with van der Waals surface area (Å²) in [5, 5.41) is 3.15. The molecule has 4 heteroatoms. The van der Waals surface area contributed by atoms with E-state index in [9.17, 15) is 4.79 Å². The number of hydrogen-bond acceptors (Lipinski definition) is 4. The molecule has 1 aliphatic rings. The molecule has 2 rings (SSSR count). The third kappa shape index (κ3) is 2.69. The summed E-state index contributed by atoms with van der Waals surface area (Å²) in [6.45, 7) is 0.795. The van der Waals surface area contributed by atoms with Crippen LogP contribution in [0.3, 0.4) is 0 Å². The van der Waals surface area contributed by atoms with E-state index in [1.807, 2.05) is 25.2 Å². The van der Waals surface area contributed by atoms with Crippen molar-refractivity contribution in [2.24, 2.45) is 5.92 Å². The lowest BCUT2D eigenvalue weighted by Crippen LogP contribution is -2.35. The molecule has 0 aromatic carbocycles. The first-order valence-corrected chi connectivity index (χ1v) is 6.04. The molecule has 18 heavy (non-hydrogen) atoms. The first-order valence-electron chi connectivity index (χ1n) is 6.04. The zero-order chi connectivity index (χ0) is 13.0. The van der Waals surface area contributed by atoms with E-state index in [1.54, 1.807) is 6.20 Å². The zero-order valence-corrected chi connectivity index (χ0v) is 10.4. The third-order valence-corrected chi connectivity index (χ3v) is 3.31. The fourth-order valence-corrected chi connectivity index (χ4v) is 2.38. The number of nitrogens with zero attached hydrogens (tertiary/aromatic N) is 2. The lowest BCUT2D eigenvalue weighted by atomic mass is 9.99. The summed E-state index contributed by atoms with van der Waals surface area (Å²) < 4.78 is 0. The van der Waals surface area contributed by atoms with Gasteiger partial charge >= 0.3 is 0 Å². The summed E-state index contributed by atoms with van der Waals surface area (Å²) in [5.74, 6) is 3.91. The summed E-state index contributed by atoms with van der Waals surface area (Å²) >= 11 is 0. The predicted octanol–water partition coefficient (Wildman–Crippen LogP) is 0.697. The number of carbonyl (C=O) groups excluding carboxylic acids is 1. The van der Waals surface area contributed by atoms with Gasteiger partial charge in [0.2, 0.25) is 0 Å². The number of carbonyl (C=O) groups is 1. The summed E-state index contributed by atoms with van der Waals surface area (Å²) in [5.41, 5.74) is 0. The van der Waals surface area contributed by atoms with E-state index in [-0.39, 0.29) is 18.0 Å². The average Bonchev–Trinajstić information content (AvgIpc) is 2.82. The molecule has 0 saturated carbocycles. The average molecular weight is 243 g/mol. The summed E-state index contributed by atoms with van der Waals surface area (Å²) in [4.78, 5) is 17.2. The monoisotopic (exact) mass is 243 g/mol. The second-order valence-corrected chi connectivity index (χ2v) is 4.62. The maximum atomic E-state index is 10.8. The molecule has 0 radical (unpaired) electrons. The van der Waals surface area contributed by atoms with E-state index in [0.29, 0.717) is 0 Å². The molecule has 1 saturated heterocycles. The second kappa shape index (κ2) is 5.65. The van der Waals surface area contributed by atoms with Gasteiger partial charge in [-0.1, -0.05) is 12.0 Å². The van der Waals surface area contributed by atoms with Crippen molar-refractivity contribution in [3.63, 3.8) is 0 Å². The van der Waals surface area contributed by atoms with Gasteiger partial charge in [-0.25, -0.2) is 4.98 Å². The van der Waals surface area contributed by atoms with Gasteiger partial charge in [0, 0.05) is 25.7 Å². The maximum Gasteiger partial charge on any atom is 0.136 e. The van der Waals surface area contributed by atoms with Crippen LogP contribution in [0.5, 0.6) is 0 Å². The van der Waals surface area contributed by atoms with Crippen molar-refractivity contribution < 1.29 is 4.79 Å². The molecule has 1 aromatic heterocycles. The summed E-state index contributed by atoms with van der Waals surface area (Å²) in [7, 11) is 1.99. The number of nitrogens with one attached hydrogen (secondary N) is 1. The molecule has 0 aliphatic carbocycles. The molecule has 1 aromatic rings. The van der Waals surface area contributed by atoms with Crippen LogP contribution in [-0.2, 0) is 4.79 Å². The fraction of sp³-hybridized carbons (Fsp3) is 0.429. The minimum Gasteiger partial charge on any atom is -0.359 e. The van der Waals surface area contributed by atoms with Gasteiger partial charge in [0.1, 0.15) is 12.1 Å². The maximum absolute atomic E-state index is 10.8. The SMILES string of the molecule is C#CC1NC(C=O)CC1CN(C)c1ccccn1. The van der Waals surface area contributed by atoms with Crippen LogP contribution >= 0.6 is 0 Å². The van der Waals surface area contributed by atoms with Crippen LogP contribution in [0.1, 0.15) is 6.42 Å². The number of pyridine rings is 1. The molecule has 1 fully saturated rings. The van der Waals surface area contributed by atoms with Gasteiger partial charge in [-0.3, -0.25) is 5.32 Å². The Bertz CT molecular complexity index is 440. The van der Waals surface area contributed by atoms with E-state index >= 15 is 0 Å². The number of terminal acetylenes is 1. The van der Waals surface area contributed by atoms with Crippen LogP contribution in [0.4, 0.5) is 5.82 Å². The lowest BCUT2D eigenvalue weighted by molar-refractivity contribution is -0.109. The normalized spacial score (nSPS) is 26.6. The zero-order valence-electron chi connectivity index (χ0n) is 10.4. The summed E-state index contributed by atoms with van der Waals surface area (Å²) in [6.07, 6.45) is 8.99. The van der Waals surface area contributed by atoms with Gasteiger partial charge < -0.3 is 9.69 Å². The Hall–Kier alpha value is -1.86. The molecular weight excluding hydrogens is 226 g/mol. The standard InChI is InChI=1S/C14H17N3O/c1-3-13-11(8-12(10-18)16-13)9-17(2)14-6-4-5-7-15-14/h1,4-7,10-13,16H,8-9H2,2H3. The largest absolute Gasteiger partial charge is 0.359 e. The van der Waals surface area contributed by atoms with E-state index < -0.39 is 0 Å². The van der Waals surface area contributed by atoms with Crippen molar-refractivity contribution in [1.82, 2.24) is 10.3 Å².